The molecule has 0 aliphatic carbocycles. The average molecular weight is 230 g/mol. The minimum absolute atomic E-state index is 0.498. The van der Waals surface area contributed by atoms with E-state index >= 15 is 0 Å². The van der Waals surface area contributed by atoms with E-state index in [0.717, 1.165) is 17.5 Å². The van der Waals surface area contributed by atoms with E-state index in [1.165, 1.54) is 0 Å². The van der Waals surface area contributed by atoms with Crippen LogP contribution in [0.5, 0.6) is 0 Å². The number of hydrogen-bond donors (Lipinski definition) is 0. The van der Waals surface area contributed by atoms with Crippen LogP contribution in [0.4, 0.5) is 3.89 Å². The SMILES string of the molecule is O=S(=O)(F)Cc1ccc2c(c1)CCOC2. The second-order valence-electron chi connectivity index (χ2n) is 3.59. The lowest BCUT2D eigenvalue weighted by molar-refractivity contribution is 0.110. The van der Waals surface area contributed by atoms with Crippen LogP contribution in [-0.2, 0) is 33.7 Å². The number of ether oxygens (including phenoxy) is 1. The Labute approximate surface area is 88.1 Å². The van der Waals surface area contributed by atoms with Gasteiger partial charge in [0.15, 0.2) is 0 Å². The van der Waals surface area contributed by atoms with Gasteiger partial charge in [0.1, 0.15) is 5.75 Å². The first-order chi connectivity index (χ1) is 7.04. The molecule has 1 aromatic rings. The molecule has 0 spiro atoms. The molecular formula is C10H11FO3S. The highest BCUT2D eigenvalue weighted by Crippen LogP contribution is 2.19. The predicted molar refractivity (Wildman–Crippen MR) is 53.5 cm³/mol. The zero-order valence-electron chi connectivity index (χ0n) is 8.07. The van der Waals surface area contributed by atoms with Crippen molar-refractivity contribution in [2.45, 2.75) is 18.8 Å². The highest BCUT2D eigenvalue weighted by Gasteiger charge is 2.13. The third-order valence-electron chi connectivity index (χ3n) is 2.38. The molecule has 0 unspecified atom stereocenters. The molecule has 0 saturated carbocycles. The van der Waals surface area contributed by atoms with Crippen molar-refractivity contribution in [3.05, 3.63) is 34.9 Å². The summed E-state index contributed by atoms with van der Waals surface area (Å²) in [4.78, 5) is 0. The molecule has 0 N–H and O–H groups in total. The molecule has 1 aromatic carbocycles. The summed E-state index contributed by atoms with van der Waals surface area (Å²) < 4.78 is 38.7. The van der Waals surface area contributed by atoms with E-state index in [1.807, 2.05) is 0 Å². The second-order valence-corrected chi connectivity index (χ2v) is 4.96. The van der Waals surface area contributed by atoms with Gasteiger partial charge in [0.2, 0.25) is 0 Å². The number of halogens is 1. The van der Waals surface area contributed by atoms with E-state index in [1.54, 1.807) is 18.2 Å². The van der Waals surface area contributed by atoms with Crippen molar-refractivity contribution in [3.63, 3.8) is 0 Å². The van der Waals surface area contributed by atoms with Crippen molar-refractivity contribution < 1.29 is 17.0 Å². The molecule has 0 aromatic heterocycles. The van der Waals surface area contributed by atoms with Crippen molar-refractivity contribution in [2.24, 2.45) is 0 Å². The zero-order valence-corrected chi connectivity index (χ0v) is 8.89. The lowest BCUT2D eigenvalue weighted by atomic mass is 10.0. The van der Waals surface area contributed by atoms with Crippen molar-refractivity contribution in [1.82, 2.24) is 0 Å². The molecule has 1 aliphatic rings. The minimum atomic E-state index is -4.43. The molecule has 3 nitrogen and oxygen atoms in total. The van der Waals surface area contributed by atoms with E-state index < -0.39 is 16.0 Å². The van der Waals surface area contributed by atoms with Gasteiger partial charge in [-0.3, -0.25) is 0 Å². The predicted octanol–water partition coefficient (Wildman–Crippen LogP) is 1.56. The Morgan fingerprint density at radius 3 is 2.87 bits per heavy atom. The summed E-state index contributed by atoms with van der Waals surface area (Å²) in [5.41, 5.74) is 2.61. The molecule has 82 valence electrons. The van der Waals surface area contributed by atoms with E-state index in [4.69, 9.17) is 4.74 Å². The Balaban J connectivity index is 2.28. The maximum absolute atomic E-state index is 12.5. The first-order valence-corrected chi connectivity index (χ1v) is 6.20. The molecule has 0 atom stereocenters. The van der Waals surface area contributed by atoms with Gasteiger partial charge in [0.05, 0.1) is 13.2 Å². The standard InChI is InChI=1S/C10H11FO3S/c11-15(12,13)7-8-1-2-10-6-14-4-3-9(10)5-8/h1-2,5H,3-4,6-7H2. The summed E-state index contributed by atoms with van der Waals surface area (Å²) in [7, 11) is -4.43. The summed E-state index contributed by atoms with van der Waals surface area (Å²) in [6, 6.07) is 5.18. The minimum Gasteiger partial charge on any atom is -0.376 e. The van der Waals surface area contributed by atoms with E-state index in [9.17, 15) is 12.3 Å². The first kappa shape index (κ1) is 10.6. The smallest absolute Gasteiger partial charge is 0.306 e. The summed E-state index contributed by atoms with van der Waals surface area (Å²) in [5.74, 6) is -0.541. The Kier molecular flexibility index (Phi) is 2.75. The van der Waals surface area contributed by atoms with Crippen LogP contribution in [0, 0.1) is 0 Å². The van der Waals surface area contributed by atoms with Crippen molar-refractivity contribution in [3.8, 4) is 0 Å². The molecule has 0 saturated heterocycles. The summed E-state index contributed by atoms with van der Waals surface area (Å²) >= 11 is 0. The van der Waals surface area contributed by atoms with Crippen molar-refractivity contribution in [1.29, 1.82) is 0 Å². The normalized spacial score (nSPS) is 16.1. The van der Waals surface area contributed by atoms with Crippen molar-refractivity contribution >= 4 is 10.2 Å². The van der Waals surface area contributed by atoms with E-state index in [0.29, 0.717) is 18.8 Å². The summed E-state index contributed by atoms with van der Waals surface area (Å²) in [6.45, 7) is 1.19. The summed E-state index contributed by atoms with van der Waals surface area (Å²) in [5, 5.41) is 0. The van der Waals surface area contributed by atoms with Crippen LogP contribution in [0.15, 0.2) is 18.2 Å². The van der Waals surface area contributed by atoms with Crippen LogP contribution in [0.3, 0.4) is 0 Å². The van der Waals surface area contributed by atoms with Crippen LogP contribution < -0.4 is 0 Å². The van der Waals surface area contributed by atoms with Crippen LogP contribution >= 0.6 is 0 Å². The topological polar surface area (TPSA) is 43.4 Å². The van der Waals surface area contributed by atoms with Gasteiger partial charge in [-0.2, -0.15) is 8.42 Å². The van der Waals surface area contributed by atoms with E-state index in [-0.39, 0.29) is 0 Å². The van der Waals surface area contributed by atoms with Crippen LogP contribution in [0.1, 0.15) is 16.7 Å². The fraction of sp³-hybridized carbons (Fsp3) is 0.400. The largest absolute Gasteiger partial charge is 0.376 e. The molecule has 5 heteroatoms. The van der Waals surface area contributed by atoms with Crippen LogP contribution in [-0.4, -0.2) is 15.0 Å². The van der Waals surface area contributed by atoms with Gasteiger partial charge in [-0.1, -0.05) is 18.2 Å². The molecule has 1 aliphatic heterocycles. The van der Waals surface area contributed by atoms with Crippen LogP contribution in [0.25, 0.3) is 0 Å². The Bertz CT molecular complexity index is 468. The van der Waals surface area contributed by atoms with Gasteiger partial charge in [-0.05, 0) is 23.1 Å². The van der Waals surface area contributed by atoms with Crippen molar-refractivity contribution in [2.75, 3.05) is 6.61 Å². The Morgan fingerprint density at radius 1 is 1.33 bits per heavy atom. The lowest BCUT2D eigenvalue weighted by Gasteiger charge is -2.16. The van der Waals surface area contributed by atoms with Crippen LogP contribution in [0.2, 0.25) is 0 Å². The average Bonchev–Trinajstić information content (AvgIpc) is 2.15. The molecule has 1 heterocycles. The number of rotatable bonds is 2. The number of hydrogen-bond acceptors (Lipinski definition) is 3. The molecule has 0 amide bonds. The third kappa shape index (κ3) is 2.76. The van der Waals surface area contributed by atoms with Gasteiger partial charge >= 0.3 is 10.2 Å². The second kappa shape index (κ2) is 3.90. The molecule has 15 heavy (non-hydrogen) atoms. The Hall–Kier alpha value is -0.940. The fourth-order valence-corrected chi connectivity index (χ4v) is 2.28. The molecule has 0 fully saturated rings. The quantitative estimate of drug-likeness (QED) is 0.724. The molecular weight excluding hydrogens is 219 g/mol. The van der Waals surface area contributed by atoms with Gasteiger partial charge in [0.25, 0.3) is 0 Å². The van der Waals surface area contributed by atoms with E-state index in [2.05, 4.69) is 0 Å². The maximum atomic E-state index is 12.5. The first-order valence-electron chi connectivity index (χ1n) is 4.65. The highest BCUT2D eigenvalue weighted by atomic mass is 32.3. The molecule has 0 radical (unpaired) electrons. The van der Waals surface area contributed by atoms with Gasteiger partial charge < -0.3 is 4.74 Å². The number of fused-ring (bicyclic) bond motifs is 1. The van der Waals surface area contributed by atoms with Gasteiger partial charge in [-0.15, -0.1) is 3.89 Å². The maximum Gasteiger partial charge on any atom is 0.306 e. The monoisotopic (exact) mass is 230 g/mol. The lowest BCUT2D eigenvalue weighted by Crippen LogP contribution is -2.10. The molecule has 2 rings (SSSR count). The fourth-order valence-electron chi connectivity index (χ4n) is 1.71. The molecule has 0 bridgehead atoms. The highest BCUT2D eigenvalue weighted by molar-refractivity contribution is 7.85. The Morgan fingerprint density at radius 2 is 2.13 bits per heavy atom. The zero-order chi connectivity index (χ0) is 10.9. The number of benzene rings is 1. The third-order valence-corrected chi connectivity index (χ3v) is 3.06. The summed E-state index contributed by atoms with van der Waals surface area (Å²) in [6.07, 6.45) is 0.759. The van der Waals surface area contributed by atoms with Gasteiger partial charge in [0, 0.05) is 0 Å². The van der Waals surface area contributed by atoms with Gasteiger partial charge in [-0.25, -0.2) is 0 Å².